The number of rotatable bonds is 9. The summed E-state index contributed by atoms with van der Waals surface area (Å²) in [4.78, 5) is 18.3. The van der Waals surface area contributed by atoms with Gasteiger partial charge in [0.1, 0.15) is 5.75 Å². The fourth-order valence-electron chi connectivity index (χ4n) is 4.84. The van der Waals surface area contributed by atoms with Gasteiger partial charge in [-0.05, 0) is 86.7 Å². The number of hydrogen-bond acceptors (Lipinski definition) is 7. The van der Waals surface area contributed by atoms with Gasteiger partial charge < -0.3 is 24.6 Å². The first kappa shape index (κ1) is 25.3. The fraction of sp³-hybridized carbons (Fsp3) is 0.640. The van der Waals surface area contributed by atoms with E-state index in [1.165, 1.54) is 0 Å². The van der Waals surface area contributed by atoms with Crippen LogP contribution in [-0.4, -0.2) is 53.0 Å². The van der Waals surface area contributed by atoms with E-state index >= 15 is 0 Å². The van der Waals surface area contributed by atoms with Gasteiger partial charge in [0.25, 0.3) is 17.7 Å². The summed E-state index contributed by atoms with van der Waals surface area (Å²) in [5.74, 6) is -2.44. The van der Waals surface area contributed by atoms with Crippen molar-refractivity contribution < 1.29 is 27.9 Å². The molecule has 2 heterocycles. The molecule has 0 radical (unpaired) electrons. The summed E-state index contributed by atoms with van der Waals surface area (Å²) in [5, 5.41) is 16.6. The fourth-order valence-corrected chi connectivity index (χ4v) is 4.84. The zero-order valence-electron chi connectivity index (χ0n) is 20.3. The molecule has 1 saturated carbocycles. The average Bonchev–Trinajstić information content (AvgIpc) is 3.47. The highest BCUT2D eigenvalue weighted by atomic mass is 19.3. The second-order valence-electron chi connectivity index (χ2n) is 9.76. The van der Waals surface area contributed by atoms with Crippen LogP contribution in [-0.2, 0) is 5.92 Å². The molecule has 1 aliphatic carbocycles. The van der Waals surface area contributed by atoms with Crippen molar-refractivity contribution in [2.24, 2.45) is 5.92 Å². The Morgan fingerprint density at radius 3 is 2.69 bits per heavy atom. The third kappa shape index (κ3) is 6.48. The number of aliphatic hydroxyl groups is 1. The number of alkyl halides is 2. The highest BCUT2D eigenvalue weighted by molar-refractivity contribution is 5.96. The quantitative estimate of drug-likeness (QED) is 0.506. The molecule has 0 bridgehead atoms. The summed E-state index contributed by atoms with van der Waals surface area (Å²) in [6, 6.07) is 5.28. The first-order valence-corrected chi connectivity index (χ1v) is 12.4. The number of hydrogen-bond donors (Lipinski definition) is 2. The van der Waals surface area contributed by atoms with Gasteiger partial charge >= 0.3 is 5.92 Å². The zero-order chi connectivity index (χ0) is 25.0. The molecule has 0 spiro atoms. The number of ether oxygens (including phenoxy) is 1. The highest BCUT2D eigenvalue weighted by Gasteiger charge is 2.33. The first-order chi connectivity index (χ1) is 16.7. The van der Waals surface area contributed by atoms with E-state index in [4.69, 9.17) is 9.26 Å². The van der Waals surface area contributed by atoms with Gasteiger partial charge in [0, 0.05) is 25.6 Å². The number of nitrogens with zero attached hydrogens (tertiary/aromatic N) is 3. The number of nitrogens with one attached hydrogen (secondary N) is 1. The Labute approximate surface area is 204 Å². The molecule has 10 heteroatoms. The van der Waals surface area contributed by atoms with Crippen molar-refractivity contribution in [3.8, 4) is 5.75 Å². The molecular formula is C25H34F2N4O4. The van der Waals surface area contributed by atoms with Crippen LogP contribution in [0.3, 0.4) is 0 Å². The Balaban J connectivity index is 1.17. The van der Waals surface area contributed by atoms with Gasteiger partial charge in [-0.2, -0.15) is 13.8 Å². The maximum absolute atomic E-state index is 13.3. The van der Waals surface area contributed by atoms with Crippen molar-refractivity contribution in [3.63, 3.8) is 0 Å². The molecule has 2 fully saturated rings. The van der Waals surface area contributed by atoms with E-state index in [-0.39, 0.29) is 17.9 Å². The normalized spacial score (nSPS) is 21.3. The third-order valence-electron chi connectivity index (χ3n) is 6.95. The largest absolute Gasteiger partial charge is 0.494 e. The van der Waals surface area contributed by atoms with Crippen LogP contribution in [0.25, 0.3) is 0 Å². The second-order valence-corrected chi connectivity index (χ2v) is 9.76. The predicted molar refractivity (Wildman–Crippen MR) is 126 cm³/mol. The molecule has 35 heavy (non-hydrogen) atoms. The van der Waals surface area contributed by atoms with Gasteiger partial charge in [-0.25, -0.2) is 0 Å². The average molecular weight is 493 g/mol. The van der Waals surface area contributed by atoms with E-state index in [1.54, 1.807) is 6.07 Å². The van der Waals surface area contributed by atoms with Gasteiger partial charge in [-0.3, -0.25) is 4.79 Å². The van der Waals surface area contributed by atoms with E-state index in [9.17, 15) is 18.7 Å². The molecule has 2 aliphatic rings. The molecule has 192 valence electrons. The molecule has 1 saturated heterocycles. The SMILES string of the molecule is Cc1cc(OCCCC2CCN(c3noc(C(C)(F)F)n3)CC2)ccc1C(=O)N[C@H]1CCC[C@@H]1O. The number of benzene rings is 1. The lowest BCUT2D eigenvalue weighted by Crippen LogP contribution is -2.40. The van der Waals surface area contributed by atoms with Crippen molar-refractivity contribution in [3.05, 3.63) is 35.2 Å². The Morgan fingerprint density at radius 2 is 2.06 bits per heavy atom. The number of aliphatic hydroxyl groups excluding tert-OH is 1. The summed E-state index contributed by atoms with van der Waals surface area (Å²) in [6.07, 6.45) is 5.79. The van der Waals surface area contributed by atoms with Crippen molar-refractivity contribution in [2.45, 2.75) is 76.9 Å². The van der Waals surface area contributed by atoms with Gasteiger partial charge in [0.2, 0.25) is 0 Å². The summed E-state index contributed by atoms with van der Waals surface area (Å²) in [5.41, 5.74) is 1.44. The number of carbonyl (C=O) groups excluding carboxylic acids is 1. The summed E-state index contributed by atoms with van der Waals surface area (Å²) < 4.78 is 37.2. The Morgan fingerprint density at radius 1 is 1.29 bits per heavy atom. The molecule has 8 nitrogen and oxygen atoms in total. The maximum atomic E-state index is 13.3. The van der Waals surface area contributed by atoms with Crippen LogP contribution >= 0.6 is 0 Å². The van der Waals surface area contributed by atoms with E-state index in [1.807, 2.05) is 24.0 Å². The predicted octanol–water partition coefficient (Wildman–Crippen LogP) is 4.21. The summed E-state index contributed by atoms with van der Waals surface area (Å²) in [6.45, 7) is 4.63. The summed E-state index contributed by atoms with van der Waals surface area (Å²) >= 11 is 0. The first-order valence-electron chi connectivity index (χ1n) is 12.4. The zero-order valence-corrected chi connectivity index (χ0v) is 20.3. The number of anilines is 1. The van der Waals surface area contributed by atoms with E-state index in [2.05, 4.69) is 15.5 Å². The smallest absolute Gasteiger partial charge is 0.322 e. The van der Waals surface area contributed by atoms with Crippen molar-refractivity contribution in [2.75, 3.05) is 24.6 Å². The number of halogens is 2. The lowest BCUT2D eigenvalue weighted by Gasteiger charge is -2.30. The second kappa shape index (κ2) is 10.9. The molecule has 2 N–H and O–H groups in total. The minimum Gasteiger partial charge on any atom is -0.494 e. The molecule has 2 atom stereocenters. The van der Waals surface area contributed by atoms with E-state index in [0.717, 1.165) is 63.2 Å². The lowest BCUT2D eigenvalue weighted by molar-refractivity contribution is -0.0158. The monoisotopic (exact) mass is 492 g/mol. The molecule has 1 aromatic carbocycles. The third-order valence-corrected chi connectivity index (χ3v) is 6.95. The molecule has 1 amide bonds. The van der Waals surface area contributed by atoms with Crippen LogP contribution < -0.4 is 15.0 Å². The van der Waals surface area contributed by atoms with Crippen molar-refractivity contribution >= 4 is 11.9 Å². The Kier molecular flexibility index (Phi) is 7.88. The van der Waals surface area contributed by atoms with Crippen molar-refractivity contribution in [1.29, 1.82) is 0 Å². The van der Waals surface area contributed by atoms with Crippen LogP contribution in [0.15, 0.2) is 22.7 Å². The summed E-state index contributed by atoms with van der Waals surface area (Å²) in [7, 11) is 0. The van der Waals surface area contributed by atoms with E-state index in [0.29, 0.717) is 31.2 Å². The number of aromatic nitrogens is 2. The number of piperidine rings is 1. The minimum atomic E-state index is -3.13. The minimum absolute atomic E-state index is 0.160. The highest BCUT2D eigenvalue weighted by Crippen LogP contribution is 2.29. The molecule has 2 aromatic rings. The van der Waals surface area contributed by atoms with Crippen LogP contribution in [0.4, 0.5) is 14.7 Å². The molecule has 0 unspecified atom stereocenters. The number of carbonyl (C=O) groups is 1. The number of amides is 1. The van der Waals surface area contributed by atoms with Gasteiger partial charge in [-0.1, -0.05) is 0 Å². The van der Waals surface area contributed by atoms with Gasteiger partial charge in [0.15, 0.2) is 0 Å². The maximum Gasteiger partial charge on any atom is 0.322 e. The van der Waals surface area contributed by atoms with Gasteiger partial charge in [0.05, 0.1) is 18.8 Å². The van der Waals surface area contributed by atoms with Crippen LogP contribution in [0, 0.1) is 12.8 Å². The standard InChI is InChI=1S/C25H34F2N4O4/c1-16-15-18(8-9-19(16)22(33)28-20-6-3-7-21(20)32)34-14-4-5-17-10-12-31(13-11-17)24-29-23(35-30-24)25(2,26)27/h8-9,15,17,20-21,32H,3-7,10-14H2,1-2H3,(H,28,33)/t20-,21-/m0/s1. The molecular weight excluding hydrogens is 458 g/mol. The van der Waals surface area contributed by atoms with Crippen molar-refractivity contribution in [1.82, 2.24) is 15.5 Å². The van der Waals surface area contributed by atoms with Crippen LogP contribution in [0.2, 0.25) is 0 Å². The Hall–Kier alpha value is -2.75. The molecule has 1 aromatic heterocycles. The Bertz CT molecular complexity index is 1000. The van der Waals surface area contributed by atoms with E-state index < -0.39 is 17.9 Å². The number of aryl methyl sites for hydroxylation is 1. The van der Waals surface area contributed by atoms with Gasteiger partial charge in [-0.15, -0.1) is 0 Å². The topological polar surface area (TPSA) is 101 Å². The van der Waals surface area contributed by atoms with Crippen LogP contribution in [0.5, 0.6) is 5.75 Å². The molecule has 4 rings (SSSR count). The lowest BCUT2D eigenvalue weighted by atomic mass is 9.92. The van der Waals surface area contributed by atoms with Crippen LogP contribution in [0.1, 0.15) is 73.7 Å². The molecule has 1 aliphatic heterocycles.